The number of carbonyl (C=O) groups is 1. The Balaban J connectivity index is 1.54. The van der Waals surface area contributed by atoms with E-state index in [9.17, 15) is 18.0 Å². The molecule has 0 aromatic heterocycles. The molecule has 1 fully saturated rings. The van der Waals surface area contributed by atoms with E-state index in [4.69, 9.17) is 9.47 Å². The van der Waals surface area contributed by atoms with Gasteiger partial charge in [-0.15, -0.1) is 0 Å². The molecule has 2 atom stereocenters. The van der Waals surface area contributed by atoms with Gasteiger partial charge in [0.05, 0.1) is 7.11 Å². The molecule has 0 bridgehead atoms. The smallest absolute Gasteiger partial charge is 0.471 e. The molecule has 1 aliphatic heterocycles. The Hall–Kier alpha value is -2.70. The average Bonchev–Trinajstić information content (AvgIpc) is 2.72. The second kappa shape index (κ2) is 7.61. The summed E-state index contributed by atoms with van der Waals surface area (Å²) >= 11 is 0. The molecule has 1 aliphatic carbocycles. The maximum atomic E-state index is 13.0. The highest BCUT2D eigenvalue weighted by atomic mass is 19.4. The van der Waals surface area contributed by atoms with Gasteiger partial charge >= 0.3 is 12.1 Å². The maximum Gasteiger partial charge on any atom is 0.471 e. The molecule has 0 N–H and O–H groups in total. The van der Waals surface area contributed by atoms with E-state index in [1.807, 2.05) is 42.5 Å². The van der Waals surface area contributed by atoms with Gasteiger partial charge in [-0.1, -0.05) is 6.07 Å². The lowest BCUT2D eigenvalue weighted by atomic mass is 9.74. The number of benzene rings is 2. The van der Waals surface area contributed by atoms with Gasteiger partial charge in [-0.3, -0.25) is 4.79 Å². The molecule has 2 aromatic carbocycles. The first-order chi connectivity index (χ1) is 13.9. The molecule has 154 valence electrons. The quantitative estimate of drug-likeness (QED) is 0.716. The van der Waals surface area contributed by atoms with Crippen molar-refractivity contribution in [2.45, 2.75) is 43.8 Å². The van der Waals surface area contributed by atoms with Crippen molar-refractivity contribution in [3.63, 3.8) is 0 Å². The molecule has 2 aromatic rings. The summed E-state index contributed by atoms with van der Waals surface area (Å²) < 4.78 is 50.0. The summed E-state index contributed by atoms with van der Waals surface area (Å²) in [6.45, 7) is 0.174. The van der Waals surface area contributed by atoms with Gasteiger partial charge in [0.2, 0.25) is 0 Å². The fourth-order valence-corrected chi connectivity index (χ4v) is 4.50. The monoisotopic (exact) mass is 405 g/mol. The van der Waals surface area contributed by atoms with Crippen LogP contribution in [0.4, 0.5) is 13.2 Å². The molecule has 0 unspecified atom stereocenters. The number of aryl methyl sites for hydroxylation is 1. The molecule has 1 saturated heterocycles. The Morgan fingerprint density at radius 2 is 1.72 bits per heavy atom. The molecule has 1 amide bonds. The molecular weight excluding hydrogens is 383 g/mol. The molecular formula is C22H22F3NO3. The first kappa shape index (κ1) is 19.6. The molecule has 2 aliphatic rings. The number of hydrogen-bond donors (Lipinski definition) is 0. The Morgan fingerprint density at radius 1 is 1.03 bits per heavy atom. The summed E-state index contributed by atoms with van der Waals surface area (Å²) in [6, 6.07) is 12.6. The van der Waals surface area contributed by atoms with Crippen LogP contribution in [0.1, 0.15) is 36.3 Å². The van der Waals surface area contributed by atoms with Gasteiger partial charge in [-0.2, -0.15) is 13.2 Å². The van der Waals surface area contributed by atoms with E-state index in [2.05, 4.69) is 0 Å². The molecule has 4 rings (SSSR count). The lowest BCUT2D eigenvalue weighted by Gasteiger charge is -2.45. The van der Waals surface area contributed by atoms with Crippen LogP contribution in [0.2, 0.25) is 0 Å². The summed E-state index contributed by atoms with van der Waals surface area (Å²) in [6.07, 6.45) is -2.30. The fourth-order valence-electron chi connectivity index (χ4n) is 4.50. The number of likely N-dealkylation sites (tertiary alicyclic amines) is 1. The van der Waals surface area contributed by atoms with Crippen molar-refractivity contribution in [2.75, 3.05) is 13.7 Å². The van der Waals surface area contributed by atoms with Crippen LogP contribution < -0.4 is 9.47 Å². The minimum absolute atomic E-state index is 0.0613. The summed E-state index contributed by atoms with van der Waals surface area (Å²) in [5, 5.41) is 0. The van der Waals surface area contributed by atoms with E-state index in [-0.39, 0.29) is 12.5 Å². The van der Waals surface area contributed by atoms with Crippen LogP contribution in [0.15, 0.2) is 42.5 Å². The Morgan fingerprint density at radius 3 is 2.41 bits per heavy atom. The topological polar surface area (TPSA) is 38.8 Å². The number of alkyl halides is 3. The molecule has 0 spiro atoms. The first-order valence-corrected chi connectivity index (χ1v) is 9.69. The van der Waals surface area contributed by atoms with Crippen LogP contribution >= 0.6 is 0 Å². The van der Waals surface area contributed by atoms with Crippen molar-refractivity contribution in [3.8, 4) is 17.2 Å². The van der Waals surface area contributed by atoms with Gasteiger partial charge in [0, 0.05) is 18.5 Å². The van der Waals surface area contributed by atoms with Gasteiger partial charge in [0.1, 0.15) is 17.2 Å². The van der Waals surface area contributed by atoms with Crippen molar-refractivity contribution in [1.29, 1.82) is 0 Å². The van der Waals surface area contributed by atoms with Crippen LogP contribution in [0.25, 0.3) is 0 Å². The van der Waals surface area contributed by atoms with Crippen LogP contribution in [0, 0.1) is 0 Å². The molecule has 7 heteroatoms. The number of ether oxygens (including phenoxy) is 2. The van der Waals surface area contributed by atoms with Gasteiger partial charge < -0.3 is 14.4 Å². The normalized spacial score (nSPS) is 21.2. The number of nitrogens with zero attached hydrogens (tertiary/aromatic N) is 1. The second-order valence-electron chi connectivity index (χ2n) is 7.49. The van der Waals surface area contributed by atoms with Crippen molar-refractivity contribution in [2.24, 2.45) is 0 Å². The number of rotatable bonds is 3. The highest BCUT2D eigenvalue weighted by Crippen LogP contribution is 2.43. The highest BCUT2D eigenvalue weighted by molar-refractivity contribution is 5.82. The minimum atomic E-state index is -4.82. The number of halogens is 3. The molecule has 1 heterocycles. The third-order valence-electron chi connectivity index (χ3n) is 5.80. The van der Waals surface area contributed by atoms with Gasteiger partial charge in [-0.25, -0.2) is 0 Å². The summed E-state index contributed by atoms with van der Waals surface area (Å²) in [5.74, 6) is 0.332. The standard InChI is InChI=1S/C22H22F3NO3/c1-28-15-5-7-16(8-6-15)29-17-9-10-18-14(13-17)4-11-20-19(18)3-2-12-26(20)21(27)22(23,24)25/h5-10,13,19-20H,2-4,11-12H2,1H3/t19-,20+/m0/s1. The van der Waals surface area contributed by atoms with Crippen molar-refractivity contribution >= 4 is 5.91 Å². The summed E-state index contributed by atoms with van der Waals surface area (Å²) in [7, 11) is 1.60. The van der Waals surface area contributed by atoms with E-state index < -0.39 is 18.1 Å². The van der Waals surface area contributed by atoms with Crippen molar-refractivity contribution < 1.29 is 27.4 Å². The Bertz CT molecular complexity index is 895. The van der Waals surface area contributed by atoms with E-state index in [1.165, 1.54) is 0 Å². The zero-order valence-corrected chi connectivity index (χ0v) is 16.0. The number of hydrogen-bond acceptors (Lipinski definition) is 3. The van der Waals surface area contributed by atoms with Crippen LogP contribution in [0.5, 0.6) is 17.2 Å². The third kappa shape index (κ3) is 3.91. The van der Waals surface area contributed by atoms with Gasteiger partial charge in [0.25, 0.3) is 0 Å². The van der Waals surface area contributed by atoms with Crippen LogP contribution in [-0.4, -0.2) is 36.7 Å². The summed E-state index contributed by atoms with van der Waals surface area (Å²) in [4.78, 5) is 12.9. The predicted molar refractivity (Wildman–Crippen MR) is 101 cm³/mol. The summed E-state index contributed by atoms with van der Waals surface area (Å²) in [5.41, 5.74) is 2.11. The second-order valence-corrected chi connectivity index (χ2v) is 7.49. The molecule has 0 saturated carbocycles. The Labute approximate surface area is 167 Å². The van der Waals surface area contributed by atoms with Crippen molar-refractivity contribution in [3.05, 3.63) is 53.6 Å². The number of amides is 1. The largest absolute Gasteiger partial charge is 0.497 e. The minimum Gasteiger partial charge on any atom is -0.497 e. The third-order valence-corrected chi connectivity index (χ3v) is 5.80. The zero-order valence-electron chi connectivity index (χ0n) is 16.0. The number of methoxy groups -OCH3 is 1. The van der Waals surface area contributed by atoms with Crippen LogP contribution in [-0.2, 0) is 11.2 Å². The van der Waals surface area contributed by atoms with Crippen molar-refractivity contribution in [1.82, 2.24) is 4.90 Å². The average molecular weight is 405 g/mol. The van der Waals surface area contributed by atoms with E-state index in [1.54, 1.807) is 7.11 Å². The van der Waals surface area contributed by atoms with Gasteiger partial charge in [0.15, 0.2) is 0 Å². The zero-order chi connectivity index (χ0) is 20.6. The SMILES string of the molecule is COc1ccc(Oc2ccc3c(c2)CC[C@@H]2[C@H]3CCCN2C(=O)C(F)(F)F)cc1. The first-order valence-electron chi connectivity index (χ1n) is 9.69. The fraction of sp³-hybridized carbons (Fsp3) is 0.409. The van der Waals surface area contributed by atoms with Gasteiger partial charge in [-0.05, 0) is 73.2 Å². The predicted octanol–water partition coefficient (Wildman–Crippen LogP) is 5.07. The maximum absolute atomic E-state index is 13.0. The number of carbonyl (C=O) groups excluding carboxylic acids is 1. The Kier molecular flexibility index (Phi) is 5.15. The van der Waals surface area contributed by atoms with E-state index in [0.717, 1.165) is 28.2 Å². The van der Waals surface area contributed by atoms with E-state index >= 15 is 0 Å². The van der Waals surface area contributed by atoms with E-state index in [0.29, 0.717) is 30.8 Å². The molecule has 4 nitrogen and oxygen atoms in total. The highest BCUT2D eigenvalue weighted by Gasteiger charge is 2.48. The number of fused-ring (bicyclic) bond motifs is 3. The van der Waals surface area contributed by atoms with Crippen LogP contribution in [0.3, 0.4) is 0 Å². The lowest BCUT2D eigenvalue weighted by Crippen LogP contribution is -2.53. The molecule has 0 radical (unpaired) electrons. The number of piperidine rings is 1. The lowest BCUT2D eigenvalue weighted by molar-refractivity contribution is -0.189. The molecule has 29 heavy (non-hydrogen) atoms.